The first-order valence-electron chi connectivity index (χ1n) is 8.40. The second kappa shape index (κ2) is 6.25. The van der Waals surface area contributed by atoms with Gasteiger partial charge in [-0.2, -0.15) is 5.10 Å². The van der Waals surface area contributed by atoms with Gasteiger partial charge in [0.2, 0.25) is 0 Å². The largest absolute Gasteiger partial charge is 0.306 e. The second-order valence-corrected chi connectivity index (χ2v) is 6.61. The number of nitrogens with one attached hydrogen (secondary N) is 1. The van der Waals surface area contributed by atoms with Crippen molar-refractivity contribution < 1.29 is 0 Å². The van der Waals surface area contributed by atoms with Gasteiger partial charge in [0.15, 0.2) is 0 Å². The Morgan fingerprint density at radius 2 is 1.91 bits per heavy atom. The summed E-state index contributed by atoms with van der Waals surface area (Å²) in [7, 11) is 2.01. The van der Waals surface area contributed by atoms with Crippen molar-refractivity contribution in [1.29, 1.82) is 0 Å². The molecule has 0 aliphatic heterocycles. The van der Waals surface area contributed by atoms with Crippen molar-refractivity contribution in [3.05, 3.63) is 51.8 Å². The number of benzene rings is 1. The molecule has 0 bridgehead atoms. The maximum atomic E-state index is 4.50. The molecule has 1 aliphatic rings. The molecule has 1 heterocycles. The summed E-state index contributed by atoms with van der Waals surface area (Å²) in [6.45, 7) is 7.36. The van der Waals surface area contributed by atoms with E-state index < -0.39 is 0 Å². The molecular formula is C19H27N3. The van der Waals surface area contributed by atoms with Crippen LogP contribution in [0.5, 0.6) is 0 Å². The second-order valence-electron chi connectivity index (χ2n) is 6.61. The number of fused-ring (bicyclic) bond motifs is 1. The monoisotopic (exact) mass is 297 g/mol. The van der Waals surface area contributed by atoms with Crippen LogP contribution in [0.3, 0.4) is 0 Å². The normalized spacial score (nSPS) is 15.6. The molecule has 1 aliphatic carbocycles. The Morgan fingerprint density at radius 1 is 1.18 bits per heavy atom. The molecule has 1 N–H and O–H groups in total. The van der Waals surface area contributed by atoms with E-state index in [1.807, 2.05) is 11.7 Å². The quantitative estimate of drug-likeness (QED) is 0.931. The molecule has 1 atom stereocenters. The fourth-order valence-electron chi connectivity index (χ4n) is 3.47. The van der Waals surface area contributed by atoms with Crippen molar-refractivity contribution in [3.8, 4) is 0 Å². The van der Waals surface area contributed by atoms with Crippen LogP contribution in [0, 0.1) is 13.8 Å². The van der Waals surface area contributed by atoms with Gasteiger partial charge in [0, 0.05) is 30.9 Å². The highest BCUT2D eigenvalue weighted by atomic mass is 15.3. The third-order valence-corrected chi connectivity index (χ3v) is 5.12. The lowest BCUT2D eigenvalue weighted by Crippen LogP contribution is -2.19. The average molecular weight is 297 g/mol. The molecule has 3 rings (SSSR count). The summed E-state index contributed by atoms with van der Waals surface area (Å²) in [5.74, 6) is 0. The highest BCUT2D eigenvalue weighted by molar-refractivity contribution is 5.35. The van der Waals surface area contributed by atoms with Crippen molar-refractivity contribution in [1.82, 2.24) is 15.1 Å². The maximum Gasteiger partial charge on any atom is 0.0641 e. The highest BCUT2D eigenvalue weighted by Gasteiger charge is 2.14. The van der Waals surface area contributed by atoms with Crippen LogP contribution < -0.4 is 5.32 Å². The van der Waals surface area contributed by atoms with Crippen molar-refractivity contribution >= 4 is 0 Å². The lowest BCUT2D eigenvalue weighted by atomic mass is 9.89. The Kier molecular flexibility index (Phi) is 4.34. The predicted molar refractivity (Wildman–Crippen MR) is 91.0 cm³/mol. The molecule has 0 amide bonds. The molecule has 2 aromatic rings. The molecule has 0 radical (unpaired) electrons. The maximum absolute atomic E-state index is 4.50. The van der Waals surface area contributed by atoms with Gasteiger partial charge in [-0.1, -0.05) is 18.2 Å². The molecule has 3 heteroatoms. The van der Waals surface area contributed by atoms with Crippen LogP contribution in [0.1, 0.15) is 59.4 Å². The number of hydrogen-bond acceptors (Lipinski definition) is 2. The van der Waals surface area contributed by atoms with E-state index in [1.165, 1.54) is 42.5 Å². The zero-order valence-electron chi connectivity index (χ0n) is 14.2. The van der Waals surface area contributed by atoms with Gasteiger partial charge in [-0.25, -0.2) is 0 Å². The molecule has 22 heavy (non-hydrogen) atoms. The molecule has 1 aromatic carbocycles. The zero-order valence-corrected chi connectivity index (χ0v) is 14.2. The van der Waals surface area contributed by atoms with Crippen molar-refractivity contribution in [2.24, 2.45) is 7.05 Å². The van der Waals surface area contributed by atoms with Crippen LogP contribution in [0.4, 0.5) is 0 Å². The number of aryl methyl sites for hydroxylation is 4. The van der Waals surface area contributed by atoms with Gasteiger partial charge in [0.25, 0.3) is 0 Å². The third-order valence-electron chi connectivity index (χ3n) is 5.12. The molecule has 0 saturated heterocycles. The van der Waals surface area contributed by atoms with Gasteiger partial charge in [-0.3, -0.25) is 4.68 Å². The van der Waals surface area contributed by atoms with Gasteiger partial charge in [-0.05, 0) is 63.1 Å². The Morgan fingerprint density at radius 3 is 2.59 bits per heavy atom. The van der Waals surface area contributed by atoms with E-state index in [9.17, 15) is 0 Å². The summed E-state index contributed by atoms with van der Waals surface area (Å²) >= 11 is 0. The summed E-state index contributed by atoms with van der Waals surface area (Å²) in [5, 5.41) is 8.16. The third kappa shape index (κ3) is 2.95. The number of rotatable bonds is 4. The molecule has 0 unspecified atom stereocenters. The van der Waals surface area contributed by atoms with E-state index in [4.69, 9.17) is 0 Å². The molecule has 0 saturated carbocycles. The molecular weight excluding hydrogens is 270 g/mol. The van der Waals surface area contributed by atoms with Crippen molar-refractivity contribution in [2.45, 2.75) is 59.0 Å². The standard InChI is InChI=1S/C19H27N3/c1-13(20-12-19-14(2)21-22(4)15(19)3)17-10-9-16-7-5-6-8-18(16)11-17/h9-11,13,20H,5-8,12H2,1-4H3/t13-/m0/s1. The SMILES string of the molecule is Cc1nn(C)c(C)c1CN[C@@H](C)c1ccc2c(c1)CCCC2. The number of hydrogen-bond donors (Lipinski definition) is 1. The van der Waals surface area contributed by atoms with Crippen LogP contribution in [0.2, 0.25) is 0 Å². The highest BCUT2D eigenvalue weighted by Crippen LogP contribution is 2.25. The van der Waals surface area contributed by atoms with Crippen molar-refractivity contribution in [3.63, 3.8) is 0 Å². The Labute approximate surface area is 133 Å². The van der Waals surface area contributed by atoms with E-state index in [2.05, 4.69) is 49.4 Å². The first-order valence-corrected chi connectivity index (χ1v) is 8.40. The van der Waals surface area contributed by atoms with Crippen LogP contribution in [0.25, 0.3) is 0 Å². The summed E-state index contributed by atoms with van der Waals surface area (Å²) < 4.78 is 1.97. The lowest BCUT2D eigenvalue weighted by Gasteiger charge is -2.20. The fraction of sp³-hybridized carbons (Fsp3) is 0.526. The average Bonchev–Trinajstić information content (AvgIpc) is 2.77. The summed E-state index contributed by atoms with van der Waals surface area (Å²) in [6, 6.07) is 7.41. The van der Waals surface area contributed by atoms with E-state index in [0.717, 1.165) is 12.2 Å². The van der Waals surface area contributed by atoms with E-state index >= 15 is 0 Å². The van der Waals surface area contributed by atoms with E-state index in [-0.39, 0.29) is 0 Å². The van der Waals surface area contributed by atoms with Crippen molar-refractivity contribution in [2.75, 3.05) is 0 Å². The van der Waals surface area contributed by atoms with Crippen LogP contribution in [-0.4, -0.2) is 9.78 Å². The van der Waals surface area contributed by atoms with Gasteiger partial charge in [0.1, 0.15) is 0 Å². The van der Waals surface area contributed by atoms with Gasteiger partial charge in [-0.15, -0.1) is 0 Å². The molecule has 0 spiro atoms. The summed E-state index contributed by atoms with van der Waals surface area (Å²) in [6.07, 6.45) is 5.19. The van der Waals surface area contributed by atoms with Crippen LogP contribution in [-0.2, 0) is 26.4 Å². The molecule has 0 fully saturated rings. The minimum absolute atomic E-state index is 0.367. The topological polar surface area (TPSA) is 29.9 Å². The Hall–Kier alpha value is -1.61. The van der Waals surface area contributed by atoms with E-state index in [1.54, 1.807) is 11.1 Å². The first-order chi connectivity index (χ1) is 10.6. The molecule has 118 valence electrons. The van der Waals surface area contributed by atoms with Crippen LogP contribution in [0.15, 0.2) is 18.2 Å². The minimum Gasteiger partial charge on any atom is -0.306 e. The lowest BCUT2D eigenvalue weighted by molar-refractivity contribution is 0.569. The van der Waals surface area contributed by atoms with Gasteiger partial charge in [0.05, 0.1) is 5.69 Å². The molecule has 3 nitrogen and oxygen atoms in total. The number of nitrogens with zero attached hydrogens (tertiary/aromatic N) is 2. The number of aromatic nitrogens is 2. The predicted octanol–water partition coefficient (Wildman–Crippen LogP) is 3.77. The van der Waals surface area contributed by atoms with Crippen LogP contribution >= 0.6 is 0 Å². The molecule has 1 aromatic heterocycles. The minimum atomic E-state index is 0.367. The summed E-state index contributed by atoms with van der Waals surface area (Å²) in [4.78, 5) is 0. The fourth-order valence-corrected chi connectivity index (χ4v) is 3.47. The van der Waals surface area contributed by atoms with Gasteiger partial charge >= 0.3 is 0 Å². The smallest absolute Gasteiger partial charge is 0.0641 e. The first kappa shape index (κ1) is 15.3. The zero-order chi connectivity index (χ0) is 15.7. The van der Waals surface area contributed by atoms with Gasteiger partial charge < -0.3 is 5.32 Å². The Balaban J connectivity index is 1.70. The summed E-state index contributed by atoms with van der Waals surface area (Å²) in [5.41, 5.74) is 8.23. The van der Waals surface area contributed by atoms with E-state index in [0.29, 0.717) is 6.04 Å². The Bertz CT molecular complexity index is 670.